The Bertz CT molecular complexity index is 957. The Hall–Kier alpha value is -3.15. The van der Waals surface area contributed by atoms with Crippen LogP contribution in [0.2, 0.25) is 5.02 Å². The Morgan fingerprint density at radius 2 is 1.87 bits per heavy atom. The van der Waals surface area contributed by atoms with E-state index in [1.54, 1.807) is 0 Å². The Kier molecular flexibility index (Phi) is 3.37. The fraction of sp³-hybridized carbons (Fsp3) is 0. The minimum atomic E-state index is -1.17. The van der Waals surface area contributed by atoms with Crippen LogP contribution in [0.3, 0.4) is 0 Å². The van der Waals surface area contributed by atoms with Crippen molar-refractivity contribution >= 4 is 17.4 Å². The highest BCUT2D eigenvalue weighted by molar-refractivity contribution is 6.30. The molecule has 23 heavy (non-hydrogen) atoms. The van der Waals surface area contributed by atoms with Crippen LogP contribution in [0, 0.1) is 21.7 Å². The summed E-state index contributed by atoms with van der Waals surface area (Å²) < 4.78 is 36.2. The monoisotopic (exact) mass is 345 g/mol. The summed E-state index contributed by atoms with van der Waals surface area (Å²) in [4.78, 5) is 21.6. The first-order valence-corrected chi connectivity index (χ1v) is 5.99. The van der Waals surface area contributed by atoms with Crippen LogP contribution in [0.15, 0.2) is 26.1 Å². The number of nitrogens with zero attached hydrogens (tertiary/aromatic N) is 5. The summed E-state index contributed by atoms with van der Waals surface area (Å²) in [6.45, 7) is 0. The number of rotatable bonds is 3. The SMILES string of the molecule is O=c1onc(-c2nonc2[N+](=O)[O-])n1-c1cc(F)c(Cl)c(F)c1. The molecule has 0 spiro atoms. The third-order valence-corrected chi connectivity index (χ3v) is 3.05. The van der Waals surface area contributed by atoms with E-state index < -0.39 is 44.7 Å². The van der Waals surface area contributed by atoms with Crippen LogP contribution in [0.25, 0.3) is 17.2 Å². The van der Waals surface area contributed by atoms with Crippen molar-refractivity contribution in [2.45, 2.75) is 0 Å². The van der Waals surface area contributed by atoms with Crippen molar-refractivity contribution in [2.24, 2.45) is 0 Å². The summed E-state index contributed by atoms with van der Waals surface area (Å²) in [6.07, 6.45) is 0. The lowest BCUT2D eigenvalue weighted by atomic mass is 10.2. The molecule has 2 aromatic heterocycles. The highest BCUT2D eigenvalue weighted by Crippen LogP contribution is 2.27. The molecule has 0 aliphatic rings. The normalized spacial score (nSPS) is 10.9. The molecule has 0 unspecified atom stereocenters. The molecule has 0 amide bonds. The van der Waals surface area contributed by atoms with Gasteiger partial charge in [-0.1, -0.05) is 16.8 Å². The van der Waals surface area contributed by atoms with Crippen LogP contribution in [0.4, 0.5) is 14.6 Å². The average Bonchev–Trinajstić information content (AvgIpc) is 3.10. The predicted molar refractivity (Wildman–Crippen MR) is 67.0 cm³/mol. The Balaban J connectivity index is 2.27. The van der Waals surface area contributed by atoms with E-state index in [-0.39, 0.29) is 5.69 Å². The lowest BCUT2D eigenvalue weighted by Gasteiger charge is -2.04. The maximum Gasteiger partial charge on any atom is 0.446 e. The van der Waals surface area contributed by atoms with Gasteiger partial charge in [0.25, 0.3) is 5.69 Å². The van der Waals surface area contributed by atoms with Gasteiger partial charge in [-0.05, 0) is 22.2 Å². The minimum absolute atomic E-state index is 0.372. The Labute approximate surface area is 128 Å². The quantitative estimate of drug-likeness (QED) is 0.398. The highest BCUT2D eigenvalue weighted by atomic mass is 35.5. The molecular weight excluding hydrogens is 344 g/mol. The van der Waals surface area contributed by atoms with Gasteiger partial charge in [0, 0.05) is 0 Å². The van der Waals surface area contributed by atoms with Gasteiger partial charge < -0.3 is 10.1 Å². The first kappa shape index (κ1) is 14.8. The largest absolute Gasteiger partial charge is 0.446 e. The van der Waals surface area contributed by atoms with Crippen molar-refractivity contribution in [2.75, 3.05) is 0 Å². The minimum Gasteiger partial charge on any atom is -0.358 e. The molecule has 3 aromatic rings. The molecule has 0 atom stereocenters. The van der Waals surface area contributed by atoms with Crippen LogP contribution >= 0.6 is 11.6 Å². The van der Waals surface area contributed by atoms with Gasteiger partial charge in [0.05, 0.1) is 5.69 Å². The summed E-state index contributed by atoms with van der Waals surface area (Å²) in [5, 5.41) is 19.6. The van der Waals surface area contributed by atoms with Crippen LogP contribution < -0.4 is 5.76 Å². The van der Waals surface area contributed by atoms with Gasteiger partial charge in [0.2, 0.25) is 5.82 Å². The molecule has 0 aliphatic heterocycles. The van der Waals surface area contributed by atoms with Crippen molar-refractivity contribution in [1.29, 1.82) is 0 Å². The molecule has 118 valence electrons. The van der Waals surface area contributed by atoms with Crippen molar-refractivity contribution in [1.82, 2.24) is 20.0 Å². The van der Waals surface area contributed by atoms with Gasteiger partial charge in [0.1, 0.15) is 16.7 Å². The molecule has 3 rings (SSSR count). The summed E-state index contributed by atoms with van der Waals surface area (Å²) in [6, 6.07) is 1.43. The number of hydrogen-bond acceptors (Lipinski definition) is 8. The van der Waals surface area contributed by atoms with E-state index in [1.165, 1.54) is 0 Å². The number of hydrogen-bond donors (Lipinski definition) is 0. The number of aromatic nitrogens is 4. The van der Waals surface area contributed by atoms with E-state index in [2.05, 4.69) is 24.6 Å². The van der Waals surface area contributed by atoms with E-state index >= 15 is 0 Å². The zero-order valence-corrected chi connectivity index (χ0v) is 11.3. The molecule has 13 heteroatoms. The molecule has 2 heterocycles. The second-order valence-electron chi connectivity index (χ2n) is 4.02. The molecular formula is C10H2ClF2N5O5. The standard InChI is InChI=1S/C10H2ClF2N5O5/c11-6-4(12)1-3(2-5(6)13)17-8(15-22-10(17)19)7-9(18(20)21)16-23-14-7/h1-2H. The zero-order chi connectivity index (χ0) is 16.7. The second kappa shape index (κ2) is 5.24. The topological polar surface area (TPSA) is 130 Å². The third-order valence-electron chi connectivity index (χ3n) is 2.69. The Morgan fingerprint density at radius 3 is 2.48 bits per heavy atom. The predicted octanol–water partition coefficient (Wildman–Crippen LogP) is 1.72. The van der Waals surface area contributed by atoms with Gasteiger partial charge in [-0.3, -0.25) is 4.52 Å². The fourth-order valence-electron chi connectivity index (χ4n) is 1.74. The van der Waals surface area contributed by atoms with E-state index in [0.29, 0.717) is 16.7 Å². The highest BCUT2D eigenvalue weighted by Gasteiger charge is 2.30. The maximum atomic E-state index is 13.6. The smallest absolute Gasteiger partial charge is 0.358 e. The van der Waals surface area contributed by atoms with Gasteiger partial charge in [-0.15, -0.1) is 4.63 Å². The molecule has 0 aliphatic carbocycles. The molecule has 10 nitrogen and oxygen atoms in total. The van der Waals surface area contributed by atoms with Crippen LogP contribution in [-0.2, 0) is 0 Å². The van der Waals surface area contributed by atoms with E-state index in [0.717, 1.165) is 0 Å². The molecule has 0 radical (unpaired) electrons. The number of nitro groups is 1. The average molecular weight is 346 g/mol. The first-order chi connectivity index (χ1) is 10.9. The lowest BCUT2D eigenvalue weighted by Crippen LogP contribution is -2.14. The molecule has 1 aromatic carbocycles. The van der Waals surface area contributed by atoms with Gasteiger partial charge in [0.15, 0.2) is 5.16 Å². The molecule has 0 bridgehead atoms. The Morgan fingerprint density at radius 1 is 1.22 bits per heavy atom. The fourth-order valence-corrected chi connectivity index (χ4v) is 1.85. The number of halogens is 3. The summed E-state index contributed by atoms with van der Waals surface area (Å²) in [7, 11) is 0. The molecule has 0 N–H and O–H groups in total. The lowest BCUT2D eigenvalue weighted by molar-refractivity contribution is -0.390. The van der Waals surface area contributed by atoms with E-state index in [9.17, 15) is 23.7 Å². The van der Waals surface area contributed by atoms with Crippen molar-refractivity contribution in [3.05, 3.63) is 49.5 Å². The summed E-state index contributed by atoms with van der Waals surface area (Å²) in [5.41, 5.74) is -0.931. The molecule has 0 saturated heterocycles. The van der Waals surface area contributed by atoms with Crippen LogP contribution in [0.1, 0.15) is 0 Å². The zero-order valence-electron chi connectivity index (χ0n) is 10.6. The van der Waals surface area contributed by atoms with Crippen molar-refractivity contribution in [3.8, 4) is 17.2 Å². The van der Waals surface area contributed by atoms with Crippen molar-refractivity contribution in [3.63, 3.8) is 0 Å². The first-order valence-electron chi connectivity index (χ1n) is 5.61. The van der Waals surface area contributed by atoms with Gasteiger partial charge in [-0.2, -0.15) is 0 Å². The summed E-state index contributed by atoms with van der Waals surface area (Å²) in [5.74, 6) is -4.87. The second-order valence-corrected chi connectivity index (χ2v) is 4.40. The van der Waals surface area contributed by atoms with Gasteiger partial charge >= 0.3 is 11.6 Å². The van der Waals surface area contributed by atoms with Gasteiger partial charge in [-0.25, -0.2) is 18.1 Å². The number of benzene rings is 1. The van der Waals surface area contributed by atoms with Crippen molar-refractivity contribution < 1.29 is 22.9 Å². The summed E-state index contributed by atoms with van der Waals surface area (Å²) >= 11 is 5.35. The van der Waals surface area contributed by atoms with Crippen LogP contribution in [0.5, 0.6) is 0 Å². The van der Waals surface area contributed by atoms with Crippen LogP contribution in [-0.4, -0.2) is 25.0 Å². The molecule has 0 fully saturated rings. The van der Waals surface area contributed by atoms with E-state index in [4.69, 9.17) is 11.6 Å². The third kappa shape index (κ3) is 2.34. The molecule has 0 saturated carbocycles. The maximum absolute atomic E-state index is 13.6. The van der Waals surface area contributed by atoms with E-state index in [1.807, 2.05) is 0 Å².